The Kier molecular flexibility index (Phi) is 6.47. The molecule has 1 unspecified atom stereocenters. The zero-order valence-electron chi connectivity index (χ0n) is 18.4. The van der Waals surface area contributed by atoms with Gasteiger partial charge < -0.3 is 14.6 Å². The van der Waals surface area contributed by atoms with E-state index in [9.17, 15) is 4.79 Å². The van der Waals surface area contributed by atoms with Crippen LogP contribution in [0.25, 0.3) is 11.0 Å². The van der Waals surface area contributed by atoms with Crippen molar-refractivity contribution in [2.75, 3.05) is 6.61 Å². The van der Waals surface area contributed by atoms with E-state index in [0.717, 1.165) is 38.8 Å². The number of carbonyl (C=O) groups is 1. The summed E-state index contributed by atoms with van der Waals surface area (Å²) in [6.07, 6.45) is 0. The lowest BCUT2D eigenvalue weighted by Crippen LogP contribution is -2.29. The molecule has 0 radical (unpaired) electrons. The SMILES string of the molecule is Cc1cccc(C(=O)NC(C)c2nc3ccccc3n2CCOc2ccc(Cl)c(C)c2)c1. The third-order valence-electron chi connectivity index (χ3n) is 5.41. The Morgan fingerprint density at radius 1 is 1.09 bits per heavy atom. The van der Waals surface area contributed by atoms with E-state index in [1.165, 1.54) is 0 Å². The van der Waals surface area contributed by atoms with Gasteiger partial charge in [0, 0.05) is 10.6 Å². The molecule has 1 amide bonds. The average Bonchev–Trinajstić information content (AvgIpc) is 3.15. The number of fused-ring (bicyclic) bond motifs is 1. The maximum Gasteiger partial charge on any atom is 0.251 e. The molecule has 5 nitrogen and oxygen atoms in total. The van der Waals surface area contributed by atoms with Gasteiger partial charge in [0.1, 0.15) is 18.2 Å². The highest BCUT2D eigenvalue weighted by Gasteiger charge is 2.19. The number of nitrogens with zero attached hydrogens (tertiary/aromatic N) is 2. The first-order valence-electron chi connectivity index (χ1n) is 10.6. The Labute approximate surface area is 193 Å². The molecule has 1 heterocycles. The quantitative estimate of drug-likeness (QED) is 0.385. The number of halogens is 1. The lowest BCUT2D eigenvalue weighted by atomic mass is 10.1. The molecular formula is C26H26ClN3O2. The van der Waals surface area contributed by atoms with Gasteiger partial charge in [0.05, 0.1) is 23.6 Å². The van der Waals surface area contributed by atoms with E-state index >= 15 is 0 Å². The first-order chi connectivity index (χ1) is 15.4. The van der Waals surface area contributed by atoms with Gasteiger partial charge in [-0.2, -0.15) is 0 Å². The molecule has 0 aliphatic carbocycles. The molecule has 0 aliphatic rings. The first-order valence-corrected chi connectivity index (χ1v) is 11.0. The molecular weight excluding hydrogens is 422 g/mol. The lowest BCUT2D eigenvalue weighted by molar-refractivity contribution is 0.0937. The second-order valence-corrected chi connectivity index (χ2v) is 8.34. The standard InChI is InChI=1S/C26H26ClN3O2/c1-17-7-6-8-20(15-17)26(31)28-19(3)25-29-23-9-4-5-10-24(23)30(25)13-14-32-21-11-12-22(27)18(2)16-21/h4-12,15-16,19H,13-14H2,1-3H3,(H,28,31). The van der Waals surface area contributed by atoms with E-state index in [0.29, 0.717) is 18.7 Å². The van der Waals surface area contributed by atoms with E-state index in [1.807, 2.05) is 87.5 Å². The summed E-state index contributed by atoms with van der Waals surface area (Å²) in [7, 11) is 0. The van der Waals surface area contributed by atoms with Crippen LogP contribution in [0.4, 0.5) is 0 Å². The van der Waals surface area contributed by atoms with Gasteiger partial charge in [0.15, 0.2) is 0 Å². The first kappa shape index (κ1) is 21.9. The third kappa shape index (κ3) is 4.78. The normalized spacial score (nSPS) is 12.0. The minimum absolute atomic E-state index is 0.118. The molecule has 1 atom stereocenters. The monoisotopic (exact) mass is 447 g/mol. The molecule has 0 saturated carbocycles. The highest BCUT2D eigenvalue weighted by Crippen LogP contribution is 2.23. The van der Waals surface area contributed by atoms with Crippen molar-refractivity contribution < 1.29 is 9.53 Å². The highest BCUT2D eigenvalue weighted by molar-refractivity contribution is 6.31. The van der Waals surface area contributed by atoms with Crippen LogP contribution in [0.5, 0.6) is 5.75 Å². The van der Waals surface area contributed by atoms with Gasteiger partial charge in [-0.1, -0.05) is 41.4 Å². The predicted molar refractivity (Wildman–Crippen MR) is 128 cm³/mol. The van der Waals surface area contributed by atoms with Crippen LogP contribution in [0.2, 0.25) is 5.02 Å². The number of aryl methyl sites for hydroxylation is 2. The molecule has 0 aliphatic heterocycles. The molecule has 1 aromatic heterocycles. The Bertz CT molecular complexity index is 1270. The topological polar surface area (TPSA) is 56.2 Å². The van der Waals surface area contributed by atoms with Crippen molar-refractivity contribution in [1.82, 2.24) is 14.9 Å². The van der Waals surface area contributed by atoms with Gasteiger partial charge in [0.25, 0.3) is 5.91 Å². The second kappa shape index (κ2) is 9.45. The molecule has 4 rings (SSSR count). The van der Waals surface area contributed by atoms with Crippen LogP contribution >= 0.6 is 11.6 Å². The van der Waals surface area contributed by atoms with Crippen molar-refractivity contribution in [2.24, 2.45) is 0 Å². The number of para-hydroxylation sites is 2. The van der Waals surface area contributed by atoms with E-state index in [-0.39, 0.29) is 11.9 Å². The van der Waals surface area contributed by atoms with Gasteiger partial charge in [-0.3, -0.25) is 4.79 Å². The number of nitrogens with one attached hydrogen (secondary N) is 1. The number of benzene rings is 3. The summed E-state index contributed by atoms with van der Waals surface area (Å²) in [5.74, 6) is 1.45. The summed E-state index contributed by atoms with van der Waals surface area (Å²) in [6.45, 7) is 6.95. The predicted octanol–water partition coefficient (Wildman–Crippen LogP) is 5.88. The maximum absolute atomic E-state index is 12.8. The summed E-state index contributed by atoms with van der Waals surface area (Å²) < 4.78 is 8.08. The van der Waals surface area contributed by atoms with Crippen molar-refractivity contribution in [3.05, 3.63) is 94.3 Å². The fourth-order valence-electron chi connectivity index (χ4n) is 3.75. The fourth-order valence-corrected chi connectivity index (χ4v) is 3.87. The van der Waals surface area contributed by atoms with E-state index in [4.69, 9.17) is 21.3 Å². The number of aromatic nitrogens is 2. The van der Waals surface area contributed by atoms with Gasteiger partial charge in [0.2, 0.25) is 0 Å². The summed E-state index contributed by atoms with van der Waals surface area (Å²) in [4.78, 5) is 17.6. The van der Waals surface area contributed by atoms with Gasteiger partial charge in [-0.15, -0.1) is 0 Å². The average molecular weight is 448 g/mol. The summed E-state index contributed by atoms with van der Waals surface area (Å²) in [5.41, 5.74) is 4.56. The smallest absolute Gasteiger partial charge is 0.251 e. The van der Waals surface area contributed by atoms with Crippen LogP contribution in [0, 0.1) is 13.8 Å². The van der Waals surface area contributed by atoms with Gasteiger partial charge in [-0.25, -0.2) is 4.98 Å². The number of carbonyl (C=O) groups excluding carboxylic acids is 1. The van der Waals surface area contributed by atoms with Crippen LogP contribution in [-0.4, -0.2) is 22.1 Å². The van der Waals surface area contributed by atoms with E-state index in [1.54, 1.807) is 0 Å². The van der Waals surface area contributed by atoms with Crippen LogP contribution in [0.15, 0.2) is 66.7 Å². The lowest BCUT2D eigenvalue weighted by Gasteiger charge is -2.17. The molecule has 3 aromatic carbocycles. The summed E-state index contributed by atoms with van der Waals surface area (Å²) >= 11 is 6.11. The minimum Gasteiger partial charge on any atom is -0.492 e. The largest absolute Gasteiger partial charge is 0.492 e. The third-order valence-corrected chi connectivity index (χ3v) is 5.84. The minimum atomic E-state index is -0.270. The zero-order chi connectivity index (χ0) is 22.7. The fraction of sp³-hybridized carbons (Fsp3) is 0.231. The maximum atomic E-state index is 12.8. The summed E-state index contributed by atoms with van der Waals surface area (Å²) in [5, 5.41) is 3.81. The summed E-state index contributed by atoms with van der Waals surface area (Å²) in [6, 6.07) is 20.9. The van der Waals surface area contributed by atoms with E-state index < -0.39 is 0 Å². The highest BCUT2D eigenvalue weighted by atomic mass is 35.5. The number of amides is 1. The Morgan fingerprint density at radius 3 is 2.69 bits per heavy atom. The molecule has 0 fully saturated rings. The molecule has 0 bridgehead atoms. The Balaban J connectivity index is 1.54. The molecule has 6 heteroatoms. The van der Waals surface area contributed by atoms with Crippen molar-refractivity contribution in [2.45, 2.75) is 33.4 Å². The van der Waals surface area contributed by atoms with Crippen molar-refractivity contribution in [1.29, 1.82) is 0 Å². The second-order valence-electron chi connectivity index (χ2n) is 7.93. The van der Waals surface area contributed by atoms with Crippen molar-refractivity contribution in [3.63, 3.8) is 0 Å². The Hall–Kier alpha value is -3.31. The number of ether oxygens (including phenoxy) is 1. The van der Waals surface area contributed by atoms with Crippen molar-refractivity contribution >= 4 is 28.5 Å². The van der Waals surface area contributed by atoms with Gasteiger partial charge in [-0.05, 0) is 68.8 Å². The molecule has 4 aromatic rings. The molecule has 32 heavy (non-hydrogen) atoms. The van der Waals surface area contributed by atoms with Crippen LogP contribution in [0.3, 0.4) is 0 Å². The number of rotatable bonds is 7. The van der Waals surface area contributed by atoms with Crippen LogP contribution in [-0.2, 0) is 6.54 Å². The van der Waals surface area contributed by atoms with Crippen LogP contribution in [0.1, 0.15) is 40.3 Å². The zero-order valence-corrected chi connectivity index (χ0v) is 19.2. The molecule has 1 N–H and O–H groups in total. The molecule has 0 spiro atoms. The van der Waals surface area contributed by atoms with Crippen molar-refractivity contribution in [3.8, 4) is 5.75 Å². The number of hydrogen-bond donors (Lipinski definition) is 1. The van der Waals surface area contributed by atoms with Gasteiger partial charge >= 0.3 is 0 Å². The molecule has 0 saturated heterocycles. The molecule has 164 valence electrons. The number of hydrogen-bond acceptors (Lipinski definition) is 3. The Morgan fingerprint density at radius 2 is 1.91 bits per heavy atom. The number of imidazole rings is 1. The van der Waals surface area contributed by atoms with E-state index in [2.05, 4.69) is 9.88 Å². The van der Waals surface area contributed by atoms with Crippen LogP contribution < -0.4 is 10.1 Å².